The molecule has 98 valence electrons. The molecule has 0 bridgehead atoms. The Morgan fingerprint density at radius 2 is 1.21 bits per heavy atom. The summed E-state index contributed by atoms with van der Waals surface area (Å²) in [4.78, 5) is 12.3. The zero-order valence-electron chi connectivity index (χ0n) is 11.8. The van der Waals surface area contributed by atoms with Gasteiger partial charge in [-0.15, -0.1) is 0 Å². The van der Waals surface area contributed by atoms with Crippen LogP contribution in [0.3, 0.4) is 0 Å². The third-order valence-electron chi connectivity index (χ3n) is 3.49. The smallest absolute Gasteiger partial charge is 0.144 e. The summed E-state index contributed by atoms with van der Waals surface area (Å²) in [5.74, 6) is 0.138. The van der Waals surface area contributed by atoms with Crippen molar-refractivity contribution in [1.82, 2.24) is 0 Å². The molecule has 0 N–H and O–H groups in total. The summed E-state index contributed by atoms with van der Waals surface area (Å²) in [7, 11) is 0. The molecule has 1 heteroatoms. The van der Waals surface area contributed by atoms with Gasteiger partial charge in [0, 0.05) is 6.42 Å². The maximum Gasteiger partial charge on any atom is 0.144 e. The third-order valence-corrected chi connectivity index (χ3v) is 3.49. The molecule has 2 rings (SSSR count). The van der Waals surface area contributed by atoms with Crippen molar-refractivity contribution in [3.05, 3.63) is 70.8 Å². The lowest BCUT2D eigenvalue weighted by atomic mass is 9.86. The summed E-state index contributed by atoms with van der Waals surface area (Å²) in [6.07, 6.45) is 0.562. The fourth-order valence-corrected chi connectivity index (χ4v) is 2.29. The van der Waals surface area contributed by atoms with E-state index in [1.54, 1.807) is 0 Å². The molecular weight excluding hydrogens is 232 g/mol. The summed E-state index contributed by atoms with van der Waals surface area (Å²) in [6.45, 7) is 6.05. The number of carbonyl (C=O) groups excluding carboxylic acids is 1. The molecule has 0 amide bonds. The highest BCUT2D eigenvalue weighted by Crippen LogP contribution is 2.27. The maximum atomic E-state index is 12.3. The highest BCUT2D eigenvalue weighted by atomic mass is 16.1. The monoisotopic (exact) mass is 252 g/mol. The summed E-state index contributed by atoms with van der Waals surface area (Å²) >= 11 is 0. The Kier molecular flexibility index (Phi) is 4.16. The Morgan fingerprint density at radius 1 is 0.842 bits per heavy atom. The van der Waals surface area contributed by atoms with E-state index >= 15 is 0 Å². The topological polar surface area (TPSA) is 17.1 Å². The van der Waals surface area contributed by atoms with Gasteiger partial charge in [-0.3, -0.25) is 4.79 Å². The standard InChI is InChI=1S/C18H20O/c1-4-17(19)18(15-9-5-13(2)6-10-15)16-11-7-14(3)8-12-16/h5-12,18H,4H2,1-3H3. The second-order valence-electron chi connectivity index (χ2n) is 5.07. The molecule has 2 aromatic carbocycles. The Morgan fingerprint density at radius 3 is 1.53 bits per heavy atom. The van der Waals surface area contributed by atoms with Crippen LogP contribution in [0.25, 0.3) is 0 Å². The predicted molar refractivity (Wildman–Crippen MR) is 79.5 cm³/mol. The van der Waals surface area contributed by atoms with E-state index in [-0.39, 0.29) is 11.7 Å². The number of carbonyl (C=O) groups is 1. The van der Waals surface area contributed by atoms with Crippen LogP contribution in [-0.4, -0.2) is 5.78 Å². The summed E-state index contributed by atoms with van der Waals surface area (Å²) < 4.78 is 0. The van der Waals surface area contributed by atoms with Crippen LogP contribution in [0.2, 0.25) is 0 Å². The largest absolute Gasteiger partial charge is 0.299 e. The molecule has 0 atom stereocenters. The Balaban J connectivity index is 2.44. The molecule has 19 heavy (non-hydrogen) atoms. The molecule has 0 aliphatic carbocycles. The number of aryl methyl sites for hydroxylation is 2. The van der Waals surface area contributed by atoms with Crippen molar-refractivity contribution in [1.29, 1.82) is 0 Å². The van der Waals surface area contributed by atoms with E-state index in [1.807, 2.05) is 6.92 Å². The van der Waals surface area contributed by atoms with Gasteiger partial charge in [0.15, 0.2) is 0 Å². The van der Waals surface area contributed by atoms with Crippen LogP contribution in [0.1, 0.15) is 41.5 Å². The number of hydrogen-bond acceptors (Lipinski definition) is 1. The van der Waals surface area contributed by atoms with Crippen molar-refractivity contribution in [2.45, 2.75) is 33.1 Å². The first-order chi connectivity index (χ1) is 9.11. The van der Waals surface area contributed by atoms with Gasteiger partial charge in [-0.2, -0.15) is 0 Å². The van der Waals surface area contributed by atoms with Crippen LogP contribution >= 0.6 is 0 Å². The van der Waals surface area contributed by atoms with Gasteiger partial charge in [0.05, 0.1) is 5.92 Å². The van der Waals surface area contributed by atoms with E-state index in [1.165, 1.54) is 11.1 Å². The Bertz CT molecular complexity index is 504. The number of hydrogen-bond donors (Lipinski definition) is 0. The van der Waals surface area contributed by atoms with Crippen molar-refractivity contribution >= 4 is 5.78 Å². The first-order valence-corrected chi connectivity index (χ1v) is 6.77. The quantitative estimate of drug-likeness (QED) is 0.787. The van der Waals surface area contributed by atoms with E-state index in [0.29, 0.717) is 6.42 Å². The van der Waals surface area contributed by atoms with Crippen LogP contribution in [0, 0.1) is 13.8 Å². The molecule has 0 spiro atoms. The van der Waals surface area contributed by atoms with Gasteiger partial charge in [0.1, 0.15) is 5.78 Å². The predicted octanol–water partition coefficient (Wildman–Crippen LogP) is 4.41. The number of Topliss-reactive ketones (excluding diaryl/α,β-unsaturated/α-hetero) is 1. The lowest BCUT2D eigenvalue weighted by Gasteiger charge is -2.16. The van der Waals surface area contributed by atoms with E-state index in [2.05, 4.69) is 62.4 Å². The van der Waals surface area contributed by atoms with Crippen LogP contribution in [0.5, 0.6) is 0 Å². The molecule has 0 fully saturated rings. The van der Waals surface area contributed by atoms with Gasteiger partial charge in [-0.05, 0) is 25.0 Å². The van der Waals surface area contributed by atoms with Gasteiger partial charge in [0.25, 0.3) is 0 Å². The summed E-state index contributed by atoms with van der Waals surface area (Å²) in [6, 6.07) is 16.5. The molecule has 0 saturated heterocycles. The fraction of sp³-hybridized carbons (Fsp3) is 0.278. The molecule has 0 aromatic heterocycles. The van der Waals surface area contributed by atoms with Crippen molar-refractivity contribution in [2.24, 2.45) is 0 Å². The minimum atomic E-state index is -0.133. The molecule has 0 radical (unpaired) electrons. The van der Waals surface area contributed by atoms with Crippen molar-refractivity contribution < 1.29 is 4.79 Å². The minimum absolute atomic E-state index is 0.133. The third kappa shape index (κ3) is 3.11. The van der Waals surface area contributed by atoms with Crippen molar-refractivity contribution in [2.75, 3.05) is 0 Å². The molecule has 1 nitrogen and oxygen atoms in total. The van der Waals surface area contributed by atoms with Crippen LogP contribution < -0.4 is 0 Å². The first kappa shape index (κ1) is 13.5. The van der Waals surface area contributed by atoms with Crippen molar-refractivity contribution in [3.63, 3.8) is 0 Å². The molecule has 0 saturated carbocycles. The molecule has 2 aromatic rings. The highest BCUT2D eigenvalue weighted by molar-refractivity contribution is 5.88. The fourth-order valence-electron chi connectivity index (χ4n) is 2.29. The van der Waals surface area contributed by atoms with Gasteiger partial charge in [-0.25, -0.2) is 0 Å². The lowest BCUT2D eigenvalue weighted by molar-refractivity contribution is -0.119. The van der Waals surface area contributed by atoms with E-state index in [4.69, 9.17) is 0 Å². The first-order valence-electron chi connectivity index (χ1n) is 6.77. The average Bonchev–Trinajstić information content (AvgIpc) is 2.43. The van der Waals surface area contributed by atoms with Crippen molar-refractivity contribution in [3.8, 4) is 0 Å². The second kappa shape index (κ2) is 5.83. The lowest BCUT2D eigenvalue weighted by Crippen LogP contribution is -2.13. The van der Waals surface area contributed by atoms with Crippen LogP contribution in [0.4, 0.5) is 0 Å². The van der Waals surface area contributed by atoms with Crippen LogP contribution in [-0.2, 0) is 4.79 Å². The molecule has 0 unspecified atom stereocenters. The highest BCUT2D eigenvalue weighted by Gasteiger charge is 2.20. The van der Waals surface area contributed by atoms with E-state index < -0.39 is 0 Å². The number of ketones is 1. The molecule has 0 heterocycles. The molecule has 0 aliphatic heterocycles. The van der Waals surface area contributed by atoms with Gasteiger partial charge in [0.2, 0.25) is 0 Å². The number of rotatable bonds is 4. The maximum absolute atomic E-state index is 12.3. The number of benzene rings is 2. The second-order valence-corrected chi connectivity index (χ2v) is 5.07. The average molecular weight is 252 g/mol. The van der Waals surface area contributed by atoms with E-state index in [9.17, 15) is 4.79 Å². The van der Waals surface area contributed by atoms with Crippen LogP contribution in [0.15, 0.2) is 48.5 Å². The zero-order valence-corrected chi connectivity index (χ0v) is 11.8. The molecule has 0 aliphatic rings. The Hall–Kier alpha value is -1.89. The van der Waals surface area contributed by atoms with E-state index in [0.717, 1.165) is 11.1 Å². The normalized spacial score (nSPS) is 10.7. The zero-order chi connectivity index (χ0) is 13.8. The van der Waals surface area contributed by atoms with Gasteiger partial charge >= 0.3 is 0 Å². The Labute approximate surface area is 115 Å². The summed E-state index contributed by atoms with van der Waals surface area (Å²) in [5, 5.41) is 0. The minimum Gasteiger partial charge on any atom is -0.299 e. The van der Waals surface area contributed by atoms with Gasteiger partial charge < -0.3 is 0 Å². The molecular formula is C18H20O. The van der Waals surface area contributed by atoms with Gasteiger partial charge in [-0.1, -0.05) is 66.6 Å². The summed E-state index contributed by atoms with van der Waals surface area (Å²) in [5.41, 5.74) is 4.60. The SMILES string of the molecule is CCC(=O)C(c1ccc(C)cc1)c1ccc(C)cc1.